The van der Waals surface area contributed by atoms with E-state index in [0.29, 0.717) is 16.9 Å². The van der Waals surface area contributed by atoms with Crippen molar-refractivity contribution >= 4 is 11.6 Å². The number of aromatic nitrogens is 3. The van der Waals surface area contributed by atoms with Crippen LogP contribution in [-0.4, -0.2) is 32.8 Å². The molecule has 128 valence electrons. The number of fused-ring (bicyclic) bond motifs is 1. The van der Waals surface area contributed by atoms with Gasteiger partial charge in [0.1, 0.15) is 5.75 Å². The van der Waals surface area contributed by atoms with Crippen LogP contribution in [0.5, 0.6) is 5.75 Å². The van der Waals surface area contributed by atoms with Crippen molar-refractivity contribution in [1.29, 1.82) is 0 Å². The summed E-state index contributed by atoms with van der Waals surface area (Å²) in [4.78, 5) is 16.9. The first-order valence-electron chi connectivity index (χ1n) is 8.00. The van der Waals surface area contributed by atoms with E-state index in [1.807, 2.05) is 30.3 Å². The normalized spacial score (nSPS) is 10.8. The largest absolute Gasteiger partial charge is 0.507 e. The molecule has 0 fully saturated rings. The predicted octanol–water partition coefficient (Wildman–Crippen LogP) is 3.56. The zero-order valence-corrected chi connectivity index (χ0v) is 14.0. The number of rotatable bonds is 3. The summed E-state index contributed by atoms with van der Waals surface area (Å²) in [6.07, 6.45) is 1.67. The van der Waals surface area contributed by atoms with Gasteiger partial charge in [-0.25, -0.2) is 14.3 Å². The zero-order valence-electron chi connectivity index (χ0n) is 14.0. The maximum atomic E-state index is 12.3. The van der Waals surface area contributed by atoms with Crippen LogP contribution in [0.25, 0.3) is 28.0 Å². The van der Waals surface area contributed by atoms with E-state index >= 15 is 0 Å². The molecule has 26 heavy (non-hydrogen) atoms. The molecule has 0 aliphatic rings. The van der Waals surface area contributed by atoms with Crippen molar-refractivity contribution in [3.05, 3.63) is 72.6 Å². The second-order valence-corrected chi connectivity index (χ2v) is 5.70. The minimum Gasteiger partial charge on any atom is -0.507 e. The highest BCUT2D eigenvalue weighted by atomic mass is 16.5. The van der Waals surface area contributed by atoms with Gasteiger partial charge in [-0.15, -0.1) is 0 Å². The first-order valence-corrected chi connectivity index (χ1v) is 8.00. The molecule has 0 aliphatic carbocycles. The van der Waals surface area contributed by atoms with Gasteiger partial charge in [0, 0.05) is 11.1 Å². The lowest BCUT2D eigenvalue weighted by Gasteiger charge is -2.09. The van der Waals surface area contributed by atoms with Gasteiger partial charge in [0.25, 0.3) is 0 Å². The van der Waals surface area contributed by atoms with Crippen LogP contribution in [0, 0.1) is 0 Å². The lowest BCUT2D eigenvalue weighted by molar-refractivity contribution is 0.0590. The Balaban J connectivity index is 2.03. The first kappa shape index (κ1) is 15.8. The third kappa shape index (κ3) is 2.57. The van der Waals surface area contributed by atoms with Crippen LogP contribution in [0.4, 0.5) is 0 Å². The molecule has 2 aromatic heterocycles. The van der Waals surface area contributed by atoms with E-state index in [2.05, 4.69) is 10.1 Å². The highest BCUT2D eigenvalue weighted by Crippen LogP contribution is 2.31. The number of phenols is 1. The summed E-state index contributed by atoms with van der Waals surface area (Å²) in [6, 6.07) is 18.1. The number of phenolic OH excluding ortho intramolecular Hbond substituents is 1. The monoisotopic (exact) mass is 345 g/mol. The zero-order chi connectivity index (χ0) is 18.1. The van der Waals surface area contributed by atoms with Crippen molar-refractivity contribution in [3.63, 3.8) is 0 Å². The fraction of sp³-hybridized carbons (Fsp3) is 0.0500. The number of hydrogen-bond donors (Lipinski definition) is 1. The highest BCUT2D eigenvalue weighted by Gasteiger charge is 2.19. The van der Waals surface area contributed by atoms with Crippen LogP contribution in [-0.2, 0) is 4.74 Å². The van der Waals surface area contributed by atoms with Crippen molar-refractivity contribution in [2.24, 2.45) is 0 Å². The summed E-state index contributed by atoms with van der Waals surface area (Å²) in [5.41, 5.74) is 3.46. The van der Waals surface area contributed by atoms with E-state index in [0.717, 1.165) is 11.1 Å². The summed E-state index contributed by atoms with van der Waals surface area (Å²) < 4.78 is 6.35. The summed E-state index contributed by atoms with van der Waals surface area (Å²) in [5.74, 6) is -0.447. The number of esters is 1. The van der Waals surface area contributed by atoms with Gasteiger partial charge in [-0.05, 0) is 23.8 Å². The molecule has 0 amide bonds. The molecule has 0 saturated heterocycles. The summed E-state index contributed by atoms with van der Waals surface area (Å²) in [6.45, 7) is 0. The quantitative estimate of drug-likeness (QED) is 0.575. The summed E-state index contributed by atoms with van der Waals surface area (Å²) in [5, 5.41) is 14.5. The Morgan fingerprint density at radius 2 is 1.77 bits per heavy atom. The van der Waals surface area contributed by atoms with E-state index in [1.54, 1.807) is 36.5 Å². The van der Waals surface area contributed by atoms with Crippen molar-refractivity contribution in [2.75, 3.05) is 7.11 Å². The Hall–Kier alpha value is -3.67. The van der Waals surface area contributed by atoms with E-state index in [4.69, 9.17) is 4.74 Å². The van der Waals surface area contributed by atoms with Gasteiger partial charge in [-0.1, -0.05) is 42.5 Å². The Morgan fingerprint density at radius 3 is 2.50 bits per heavy atom. The van der Waals surface area contributed by atoms with Crippen molar-refractivity contribution in [3.8, 4) is 28.1 Å². The average Bonchev–Trinajstić information content (AvgIpc) is 3.11. The molecule has 4 aromatic rings. The average molecular weight is 345 g/mol. The van der Waals surface area contributed by atoms with Crippen molar-refractivity contribution < 1.29 is 14.6 Å². The van der Waals surface area contributed by atoms with Crippen LogP contribution < -0.4 is 0 Å². The minimum atomic E-state index is -0.531. The summed E-state index contributed by atoms with van der Waals surface area (Å²) >= 11 is 0. The maximum Gasteiger partial charge on any atom is 0.356 e. The van der Waals surface area contributed by atoms with Gasteiger partial charge in [-0.3, -0.25) is 0 Å². The molecule has 6 nitrogen and oxygen atoms in total. The third-order valence-electron chi connectivity index (χ3n) is 4.13. The van der Waals surface area contributed by atoms with Gasteiger partial charge < -0.3 is 9.84 Å². The summed E-state index contributed by atoms with van der Waals surface area (Å²) in [7, 11) is 1.32. The first-order chi connectivity index (χ1) is 12.7. The van der Waals surface area contributed by atoms with E-state index in [-0.39, 0.29) is 11.4 Å². The Bertz CT molecular complexity index is 1100. The molecule has 4 rings (SSSR count). The molecule has 2 aromatic carbocycles. The number of para-hydroxylation sites is 1. The lowest BCUT2D eigenvalue weighted by Crippen LogP contribution is -2.10. The number of carbonyl (C=O) groups excluding carboxylic acids is 1. The van der Waals surface area contributed by atoms with E-state index in [1.165, 1.54) is 11.6 Å². The Kier molecular flexibility index (Phi) is 3.85. The molecule has 0 aliphatic heterocycles. The number of ether oxygens (including phenoxy) is 1. The molecule has 0 atom stereocenters. The fourth-order valence-electron chi connectivity index (χ4n) is 2.86. The van der Waals surface area contributed by atoms with Gasteiger partial charge in [0.2, 0.25) is 0 Å². The molecule has 0 spiro atoms. The van der Waals surface area contributed by atoms with E-state index < -0.39 is 5.97 Å². The fourth-order valence-corrected chi connectivity index (χ4v) is 2.86. The number of nitrogens with zero attached hydrogens (tertiary/aromatic N) is 3. The predicted molar refractivity (Wildman–Crippen MR) is 96.9 cm³/mol. The molecular formula is C20H15N3O3. The third-order valence-corrected chi connectivity index (χ3v) is 4.13. The number of hydrogen-bond acceptors (Lipinski definition) is 5. The molecule has 0 radical (unpaired) electrons. The standard InChI is InChI=1S/C20H15N3O3/c1-26-20(25)17-11-16(14-9-5-6-10-18(14)24)22-19-15(12-21-23(17)19)13-7-3-2-4-8-13/h2-12,24H,1H3. The molecular weight excluding hydrogens is 330 g/mol. The highest BCUT2D eigenvalue weighted by molar-refractivity contribution is 5.91. The van der Waals surface area contributed by atoms with Crippen LogP contribution in [0.1, 0.15) is 10.5 Å². The van der Waals surface area contributed by atoms with Gasteiger partial charge in [0.05, 0.1) is 19.0 Å². The Morgan fingerprint density at radius 1 is 1.04 bits per heavy atom. The molecule has 0 unspecified atom stereocenters. The van der Waals surface area contributed by atoms with Crippen molar-refractivity contribution in [1.82, 2.24) is 14.6 Å². The Labute approximate surface area is 149 Å². The number of aromatic hydroxyl groups is 1. The number of carbonyl (C=O) groups is 1. The molecule has 0 saturated carbocycles. The van der Waals surface area contributed by atoms with Crippen LogP contribution in [0.15, 0.2) is 66.9 Å². The van der Waals surface area contributed by atoms with Crippen LogP contribution in [0.3, 0.4) is 0 Å². The molecule has 2 heterocycles. The van der Waals surface area contributed by atoms with E-state index in [9.17, 15) is 9.90 Å². The van der Waals surface area contributed by atoms with Gasteiger partial charge >= 0.3 is 5.97 Å². The second kappa shape index (κ2) is 6.33. The second-order valence-electron chi connectivity index (χ2n) is 5.70. The maximum absolute atomic E-state index is 12.3. The van der Waals surface area contributed by atoms with Crippen LogP contribution in [0.2, 0.25) is 0 Å². The topological polar surface area (TPSA) is 76.7 Å². The van der Waals surface area contributed by atoms with Gasteiger partial charge in [-0.2, -0.15) is 5.10 Å². The lowest BCUT2D eigenvalue weighted by atomic mass is 10.1. The SMILES string of the molecule is COC(=O)c1cc(-c2ccccc2O)nc2c(-c3ccccc3)cnn12. The molecule has 1 N–H and O–H groups in total. The van der Waals surface area contributed by atoms with Crippen LogP contribution >= 0.6 is 0 Å². The number of benzene rings is 2. The molecule has 0 bridgehead atoms. The van der Waals surface area contributed by atoms with Crippen molar-refractivity contribution in [2.45, 2.75) is 0 Å². The van der Waals surface area contributed by atoms with Gasteiger partial charge in [0.15, 0.2) is 11.3 Å². The number of methoxy groups -OCH3 is 1. The minimum absolute atomic E-state index is 0.0842. The molecule has 6 heteroatoms. The smallest absolute Gasteiger partial charge is 0.356 e.